The number of anilines is 1. The molecule has 0 radical (unpaired) electrons. The van der Waals surface area contributed by atoms with Gasteiger partial charge in [0.1, 0.15) is 5.60 Å². The summed E-state index contributed by atoms with van der Waals surface area (Å²) in [6.45, 7) is 6.91. The molecule has 1 aromatic carbocycles. The molecule has 1 atom stereocenters. The summed E-state index contributed by atoms with van der Waals surface area (Å²) in [4.78, 5) is 13.7. The number of carbonyl (C=O) groups excluding carboxylic acids is 1. The van der Waals surface area contributed by atoms with Gasteiger partial charge in [-0.15, -0.1) is 0 Å². The Morgan fingerprint density at radius 3 is 2.48 bits per heavy atom. The van der Waals surface area contributed by atoms with Gasteiger partial charge >= 0.3 is 12.3 Å². The third kappa shape index (κ3) is 4.45. The lowest BCUT2D eigenvalue weighted by Gasteiger charge is -2.28. The number of carbonyl (C=O) groups is 1. The van der Waals surface area contributed by atoms with Gasteiger partial charge in [0.05, 0.1) is 17.4 Å². The molecule has 0 saturated heterocycles. The molecule has 4 nitrogen and oxygen atoms in total. The second kappa shape index (κ2) is 6.86. The fourth-order valence-corrected chi connectivity index (χ4v) is 2.93. The van der Waals surface area contributed by atoms with E-state index in [-0.39, 0.29) is 24.2 Å². The van der Waals surface area contributed by atoms with Crippen LogP contribution in [0.4, 0.5) is 23.7 Å². The number of fused-ring (bicyclic) bond motifs is 1. The topological polar surface area (TPSA) is 49.8 Å². The van der Waals surface area contributed by atoms with E-state index >= 15 is 0 Å². The maximum Gasteiger partial charge on any atom is 0.416 e. The number of halogens is 3. The molecule has 2 rings (SSSR count). The van der Waals surface area contributed by atoms with E-state index in [4.69, 9.17) is 4.74 Å². The van der Waals surface area contributed by atoms with Crippen LogP contribution in [0.3, 0.4) is 0 Å². The molecular formula is C18H24F3NO3. The van der Waals surface area contributed by atoms with E-state index in [1.807, 2.05) is 0 Å². The lowest BCUT2D eigenvalue weighted by atomic mass is 9.95. The standard InChI is InChI=1S/C18H24F3NO3/c1-5-11-9-12-14(10-13(11)18(19,20)21)22(8-6-7-15(12)23)16(24)25-17(2,3)4/h9-10,15,23H,5-8H2,1-4H3. The largest absolute Gasteiger partial charge is 0.443 e. The summed E-state index contributed by atoms with van der Waals surface area (Å²) in [5, 5.41) is 10.3. The second-order valence-electron chi connectivity index (χ2n) is 7.21. The number of rotatable bonds is 1. The predicted molar refractivity (Wildman–Crippen MR) is 88.6 cm³/mol. The smallest absolute Gasteiger partial charge is 0.416 e. The third-order valence-electron chi connectivity index (χ3n) is 4.06. The third-order valence-corrected chi connectivity index (χ3v) is 4.06. The Morgan fingerprint density at radius 1 is 1.32 bits per heavy atom. The number of aryl methyl sites for hydroxylation is 1. The molecular weight excluding hydrogens is 335 g/mol. The van der Waals surface area contributed by atoms with E-state index in [0.29, 0.717) is 18.4 Å². The fourth-order valence-electron chi connectivity index (χ4n) is 2.93. The highest BCUT2D eigenvalue weighted by atomic mass is 19.4. The van der Waals surface area contributed by atoms with Gasteiger partial charge in [-0.05, 0) is 51.7 Å². The van der Waals surface area contributed by atoms with Gasteiger partial charge in [-0.2, -0.15) is 13.2 Å². The monoisotopic (exact) mass is 359 g/mol. The van der Waals surface area contributed by atoms with Crippen molar-refractivity contribution in [3.8, 4) is 0 Å². The molecule has 0 spiro atoms. The Morgan fingerprint density at radius 2 is 1.96 bits per heavy atom. The summed E-state index contributed by atoms with van der Waals surface area (Å²) in [6.07, 6.45) is -5.12. The quantitative estimate of drug-likeness (QED) is 0.781. The van der Waals surface area contributed by atoms with Gasteiger partial charge in [-0.3, -0.25) is 4.90 Å². The molecule has 1 amide bonds. The van der Waals surface area contributed by atoms with Crippen LogP contribution in [0.2, 0.25) is 0 Å². The number of nitrogens with zero attached hydrogens (tertiary/aromatic N) is 1. The molecule has 1 aromatic rings. The van der Waals surface area contributed by atoms with E-state index in [2.05, 4.69) is 0 Å². The van der Waals surface area contributed by atoms with E-state index in [1.54, 1.807) is 27.7 Å². The summed E-state index contributed by atoms with van der Waals surface area (Å²) in [5.41, 5.74) is -1.03. The van der Waals surface area contributed by atoms with Crippen LogP contribution >= 0.6 is 0 Å². The maximum absolute atomic E-state index is 13.4. The van der Waals surface area contributed by atoms with Crippen LogP contribution in [0.5, 0.6) is 0 Å². The van der Waals surface area contributed by atoms with Gasteiger partial charge in [0.2, 0.25) is 0 Å². The lowest BCUT2D eigenvalue weighted by Crippen LogP contribution is -2.37. The molecule has 0 saturated carbocycles. The number of aliphatic hydroxyl groups excluding tert-OH is 1. The Labute approximate surface area is 145 Å². The fraction of sp³-hybridized carbons (Fsp3) is 0.611. The maximum atomic E-state index is 13.4. The van der Waals surface area contributed by atoms with Gasteiger partial charge < -0.3 is 9.84 Å². The van der Waals surface area contributed by atoms with Gasteiger partial charge in [0, 0.05) is 12.1 Å². The number of hydrogen-bond donors (Lipinski definition) is 1. The van der Waals surface area contributed by atoms with E-state index in [1.165, 1.54) is 11.0 Å². The highest BCUT2D eigenvalue weighted by molar-refractivity contribution is 5.89. The molecule has 1 unspecified atom stereocenters. The second-order valence-corrected chi connectivity index (χ2v) is 7.21. The van der Waals surface area contributed by atoms with Crippen LogP contribution in [0.25, 0.3) is 0 Å². The van der Waals surface area contributed by atoms with Crippen molar-refractivity contribution in [3.63, 3.8) is 0 Å². The Kier molecular flexibility index (Phi) is 5.37. The van der Waals surface area contributed by atoms with Crippen molar-refractivity contribution >= 4 is 11.8 Å². The minimum atomic E-state index is -4.53. The molecule has 1 aliphatic heterocycles. The van der Waals surface area contributed by atoms with Crippen molar-refractivity contribution in [2.75, 3.05) is 11.4 Å². The van der Waals surface area contributed by atoms with Crippen molar-refractivity contribution in [1.29, 1.82) is 0 Å². The van der Waals surface area contributed by atoms with Gasteiger partial charge in [-0.25, -0.2) is 4.79 Å². The summed E-state index contributed by atoms with van der Waals surface area (Å²) >= 11 is 0. The zero-order chi connectivity index (χ0) is 19.0. The summed E-state index contributed by atoms with van der Waals surface area (Å²) < 4.78 is 45.5. The molecule has 25 heavy (non-hydrogen) atoms. The van der Waals surface area contributed by atoms with Gasteiger partial charge in [-0.1, -0.05) is 13.0 Å². The number of ether oxygens (including phenoxy) is 1. The average molecular weight is 359 g/mol. The van der Waals surface area contributed by atoms with Gasteiger partial charge in [0.25, 0.3) is 0 Å². The first-order valence-corrected chi connectivity index (χ1v) is 8.36. The van der Waals surface area contributed by atoms with Crippen LogP contribution in [0.15, 0.2) is 12.1 Å². The highest BCUT2D eigenvalue weighted by Gasteiger charge is 2.37. The minimum absolute atomic E-state index is 0.0729. The summed E-state index contributed by atoms with van der Waals surface area (Å²) in [7, 11) is 0. The summed E-state index contributed by atoms with van der Waals surface area (Å²) in [5.74, 6) is 0. The van der Waals surface area contributed by atoms with Crippen molar-refractivity contribution in [1.82, 2.24) is 0 Å². The zero-order valence-electron chi connectivity index (χ0n) is 14.9. The van der Waals surface area contributed by atoms with Crippen LogP contribution in [0.1, 0.15) is 63.3 Å². The van der Waals surface area contributed by atoms with Crippen LogP contribution < -0.4 is 4.90 Å². The molecule has 0 fully saturated rings. The first-order valence-electron chi connectivity index (χ1n) is 8.36. The van der Waals surface area contributed by atoms with E-state index in [0.717, 1.165) is 6.07 Å². The van der Waals surface area contributed by atoms with Gasteiger partial charge in [0.15, 0.2) is 0 Å². The normalized spacial score (nSPS) is 18.6. The predicted octanol–water partition coefficient (Wildman–Crippen LogP) is 4.84. The molecule has 0 bridgehead atoms. The minimum Gasteiger partial charge on any atom is -0.443 e. The molecule has 1 aliphatic rings. The van der Waals surface area contributed by atoms with Crippen molar-refractivity contribution in [2.45, 2.75) is 64.8 Å². The number of amides is 1. The van der Waals surface area contributed by atoms with Crippen molar-refractivity contribution < 1.29 is 27.8 Å². The zero-order valence-corrected chi connectivity index (χ0v) is 14.9. The van der Waals surface area contributed by atoms with Crippen molar-refractivity contribution in [3.05, 3.63) is 28.8 Å². The molecule has 140 valence electrons. The van der Waals surface area contributed by atoms with E-state index < -0.39 is 29.5 Å². The van der Waals surface area contributed by atoms with Crippen molar-refractivity contribution in [2.24, 2.45) is 0 Å². The molecule has 1 heterocycles. The summed E-state index contributed by atoms with van der Waals surface area (Å²) in [6, 6.07) is 2.33. The average Bonchev–Trinajstić information content (AvgIpc) is 2.62. The molecule has 0 aromatic heterocycles. The van der Waals surface area contributed by atoms with Crippen LogP contribution in [-0.2, 0) is 17.3 Å². The first kappa shape index (κ1) is 19.6. The SMILES string of the molecule is CCc1cc2c(cc1C(F)(F)F)N(C(=O)OC(C)(C)C)CCCC2O. The molecule has 1 N–H and O–H groups in total. The Balaban J connectivity index is 2.58. The van der Waals surface area contributed by atoms with Crippen LogP contribution in [-0.4, -0.2) is 23.3 Å². The molecule has 7 heteroatoms. The highest BCUT2D eigenvalue weighted by Crippen LogP contribution is 2.41. The van der Waals surface area contributed by atoms with E-state index in [9.17, 15) is 23.1 Å². The lowest BCUT2D eigenvalue weighted by molar-refractivity contribution is -0.138. The number of alkyl halides is 3. The number of hydrogen-bond acceptors (Lipinski definition) is 3. The Bertz CT molecular complexity index is 650. The Hall–Kier alpha value is -1.76. The van der Waals surface area contributed by atoms with Crippen LogP contribution in [0, 0.1) is 0 Å². The number of aliphatic hydroxyl groups is 1. The molecule has 0 aliphatic carbocycles. The first-order chi connectivity index (χ1) is 11.4. The number of benzene rings is 1.